The highest BCUT2D eigenvalue weighted by molar-refractivity contribution is 5.66. The van der Waals surface area contributed by atoms with E-state index in [4.69, 9.17) is 0 Å². The predicted molar refractivity (Wildman–Crippen MR) is 81.3 cm³/mol. The van der Waals surface area contributed by atoms with Crippen molar-refractivity contribution >= 4 is 6.09 Å². The van der Waals surface area contributed by atoms with Crippen LogP contribution in [-0.4, -0.2) is 37.3 Å². The van der Waals surface area contributed by atoms with Gasteiger partial charge < -0.3 is 10.0 Å². The van der Waals surface area contributed by atoms with Crippen molar-refractivity contribution < 1.29 is 9.90 Å². The second-order valence-electron chi connectivity index (χ2n) is 6.39. The number of amides is 1. The number of aromatic amines is 1. The van der Waals surface area contributed by atoms with Crippen molar-refractivity contribution in [1.82, 2.24) is 20.1 Å². The summed E-state index contributed by atoms with van der Waals surface area (Å²) >= 11 is 0. The van der Waals surface area contributed by atoms with Crippen LogP contribution in [0, 0.1) is 5.41 Å². The van der Waals surface area contributed by atoms with Gasteiger partial charge in [0.25, 0.3) is 0 Å². The van der Waals surface area contributed by atoms with Gasteiger partial charge in [-0.05, 0) is 17.4 Å². The van der Waals surface area contributed by atoms with Gasteiger partial charge in [0.05, 0.1) is 0 Å². The van der Waals surface area contributed by atoms with Crippen LogP contribution in [0.1, 0.15) is 37.6 Å². The van der Waals surface area contributed by atoms with Crippen molar-refractivity contribution in [3.05, 3.63) is 48.0 Å². The zero-order valence-corrected chi connectivity index (χ0v) is 12.7. The molecule has 22 heavy (non-hydrogen) atoms. The summed E-state index contributed by atoms with van der Waals surface area (Å²) < 4.78 is 0. The summed E-state index contributed by atoms with van der Waals surface area (Å²) in [6.45, 7) is 4.60. The molecule has 6 nitrogen and oxygen atoms in total. The van der Waals surface area contributed by atoms with E-state index in [0.29, 0.717) is 6.54 Å². The Kier molecular flexibility index (Phi) is 3.60. The number of hydrogen-bond donors (Lipinski definition) is 2. The fourth-order valence-corrected chi connectivity index (χ4v) is 3.37. The fourth-order valence-electron chi connectivity index (χ4n) is 3.37. The normalized spacial score (nSPS) is 22.8. The number of hydrogen-bond acceptors (Lipinski definition) is 3. The van der Waals surface area contributed by atoms with Gasteiger partial charge in [0.15, 0.2) is 0 Å². The van der Waals surface area contributed by atoms with Gasteiger partial charge in [-0.1, -0.05) is 44.2 Å². The van der Waals surface area contributed by atoms with Gasteiger partial charge in [-0.15, -0.1) is 0 Å². The first-order chi connectivity index (χ1) is 10.5. The molecule has 1 aliphatic carbocycles. The molecule has 3 rings (SSSR count). The molecule has 0 aliphatic heterocycles. The Morgan fingerprint density at radius 1 is 1.41 bits per heavy atom. The van der Waals surface area contributed by atoms with Crippen LogP contribution in [0.4, 0.5) is 4.79 Å². The Labute approximate surface area is 129 Å². The Bertz CT molecular complexity index is 639. The van der Waals surface area contributed by atoms with Crippen LogP contribution in [0.5, 0.6) is 0 Å². The highest BCUT2D eigenvalue weighted by Gasteiger charge is 2.53. The minimum absolute atomic E-state index is 0.0275. The van der Waals surface area contributed by atoms with Gasteiger partial charge in [0.1, 0.15) is 12.2 Å². The van der Waals surface area contributed by atoms with Crippen LogP contribution in [0.2, 0.25) is 0 Å². The lowest BCUT2D eigenvalue weighted by atomic mass is 9.57. The number of carboxylic acid groups (broad SMARTS) is 1. The number of nitrogens with zero attached hydrogens (tertiary/aromatic N) is 3. The molecule has 0 spiro atoms. The predicted octanol–water partition coefficient (Wildman–Crippen LogP) is 2.87. The lowest BCUT2D eigenvalue weighted by Gasteiger charge is -2.54. The van der Waals surface area contributed by atoms with Crippen LogP contribution in [0.3, 0.4) is 0 Å². The quantitative estimate of drug-likeness (QED) is 0.909. The summed E-state index contributed by atoms with van der Waals surface area (Å²) in [5.74, 6) is 1.05. The van der Waals surface area contributed by atoms with E-state index in [9.17, 15) is 9.90 Å². The minimum atomic E-state index is -0.877. The van der Waals surface area contributed by atoms with Crippen LogP contribution in [0.15, 0.2) is 36.7 Å². The molecule has 1 aromatic carbocycles. The summed E-state index contributed by atoms with van der Waals surface area (Å²) in [4.78, 5) is 17.5. The lowest BCUT2D eigenvalue weighted by Crippen LogP contribution is -2.58. The summed E-state index contributed by atoms with van der Waals surface area (Å²) in [7, 11) is 0. The first kappa shape index (κ1) is 14.6. The summed E-state index contributed by atoms with van der Waals surface area (Å²) in [6, 6.07) is 9.67. The van der Waals surface area contributed by atoms with Crippen LogP contribution >= 0.6 is 0 Å². The smallest absolute Gasteiger partial charge is 0.407 e. The Balaban J connectivity index is 1.78. The molecule has 116 valence electrons. The van der Waals surface area contributed by atoms with Crippen molar-refractivity contribution in [2.75, 3.05) is 0 Å². The van der Waals surface area contributed by atoms with Gasteiger partial charge in [-0.2, -0.15) is 5.10 Å². The number of rotatable bonds is 4. The van der Waals surface area contributed by atoms with Crippen molar-refractivity contribution in [2.45, 2.75) is 38.8 Å². The molecule has 2 N–H and O–H groups in total. The molecular weight excluding hydrogens is 280 g/mol. The molecule has 1 fully saturated rings. The largest absolute Gasteiger partial charge is 0.465 e. The third-order valence-electron chi connectivity index (χ3n) is 4.80. The molecule has 2 atom stereocenters. The summed E-state index contributed by atoms with van der Waals surface area (Å²) in [5, 5.41) is 16.4. The molecule has 0 radical (unpaired) electrons. The van der Waals surface area contributed by atoms with Crippen molar-refractivity contribution in [1.29, 1.82) is 0 Å². The maximum Gasteiger partial charge on any atom is 0.407 e. The van der Waals surface area contributed by atoms with E-state index < -0.39 is 6.09 Å². The monoisotopic (exact) mass is 300 g/mol. The summed E-state index contributed by atoms with van der Waals surface area (Å²) in [6.07, 6.45) is 1.39. The molecule has 1 amide bonds. The van der Waals surface area contributed by atoms with Gasteiger partial charge in [0.2, 0.25) is 0 Å². The molecule has 1 aromatic heterocycles. The number of H-pyrrole nitrogens is 1. The maximum atomic E-state index is 11.7. The fraction of sp³-hybridized carbons (Fsp3) is 0.438. The highest BCUT2D eigenvalue weighted by atomic mass is 16.4. The van der Waals surface area contributed by atoms with Crippen LogP contribution < -0.4 is 0 Å². The zero-order valence-electron chi connectivity index (χ0n) is 12.7. The molecule has 1 aliphatic rings. The Hall–Kier alpha value is -2.37. The van der Waals surface area contributed by atoms with Gasteiger partial charge >= 0.3 is 6.09 Å². The first-order valence-electron chi connectivity index (χ1n) is 7.39. The van der Waals surface area contributed by atoms with Gasteiger partial charge in [-0.3, -0.25) is 5.10 Å². The van der Waals surface area contributed by atoms with E-state index in [2.05, 4.69) is 29.0 Å². The molecule has 2 aromatic rings. The topological polar surface area (TPSA) is 82.1 Å². The van der Waals surface area contributed by atoms with E-state index >= 15 is 0 Å². The van der Waals surface area contributed by atoms with Crippen molar-refractivity contribution in [3.63, 3.8) is 0 Å². The van der Waals surface area contributed by atoms with E-state index in [-0.39, 0.29) is 17.4 Å². The Morgan fingerprint density at radius 3 is 2.68 bits per heavy atom. The number of aromatic nitrogens is 3. The Morgan fingerprint density at radius 2 is 2.14 bits per heavy atom. The average Bonchev–Trinajstić information content (AvgIpc) is 3.00. The second kappa shape index (κ2) is 5.44. The SMILES string of the molecule is CC1(C)[C@@H](c2ncn[nH]2)C[C@H]1N(Cc1ccccc1)C(=O)O. The maximum absolute atomic E-state index is 11.7. The van der Waals surface area contributed by atoms with Gasteiger partial charge in [0, 0.05) is 18.5 Å². The third-order valence-corrected chi connectivity index (χ3v) is 4.80. The molecule has 0 saturated heterocycles. The van der Waals surface area contributed by atoms with E-state index in [1.165, 1.54) is 6.33 Å². The van der Waals surface area contributed by atoms with E-state index in [0.717, 1.165) is 17.8 Å². The number of carbonyl (C=O) groups is 1. The molecule has 1 saturated carbocycles. The molecular formula is C16H20N4O2. The van der Waals surface area contributed by atoms with E-state index in [1.807, 2.05) is 30.3 Å². The molecule has 0 unspecified atom stereocenters. The van der Waals surface area contributed by atoms with Crippen molar-refractivity contribution in [3.8, 4) is 0 Å². The summed E-state index contributed by atoms with van der Waals surface area (Å²) in [5.41, 5.74) is 0.830. The highest BCUT2D eigenvalue weighted by Crippen LogP contribution is 2.54. The van der Waals surface area contributed by atoms with E-state index in [1.54, 1.807) is 4.90 Å². The standard InChI is InChI=1S/C16H20N4O2/c1-16(2)12(14-17-10-18-19-14)8-13(16)20(15(21)22)9-11-6-4-3-5-7-11/h3-7,10,12-13H,8-9H2,1-2H3,(H,21,22)(H,17,18,19)/t12-,13-/m1/s1. The van der Waals surface area contributed by atoms with Gasteiger partial charge in [-0.25, -0.2) is 9.78 Å². The third kappa shape index (κ3) is 2.45. The second-order valence-corrected chi connectivity index (χ2v) is 6.39. The number of nitrogens with one attached hydrogen (secondary N) is 1. The zero-order chi connectivity index (χ0) is 15.7. The molecule has 1 heterocycles. The van der Waals surface area contributed by atoms with Crippen molar-refractivity contribution in [2.24, 2.45) is 5.41 Å². The molecule has 6 heteroatoms. The lowest BCUT2D eigenvalue weighted by molar-refractivity contribution is -0.0226. The van der Waals surface area contributed by atoms with Crippen LogP contribution in [-0.2, 0) is 6.54 Å². The number of benzene rings is 1. The van der Waals surface area contributed by atoms with Crippen LogP contribution in [0.25, 0.3) is 0 Å². The average molecular weight is 300 g/mol. The molecule has 0 bridgehead atoms. The minimum Gasteiger partial charge on any atom is -0.465 e. The first-order valence-corrected chi connectivity index (χ1v) is 7.39.